The van der Waals surface area contributed by atoms with Crippen LogP contribution in [0.4, 0.5) is 0 Å². The molecule has 0 spiro atoms. The summed E-state index contributed by atoms with van der Waals surface area (Å²) in [7, 11) is 0. The molecule has 2 fully saturated rings. The lowest BCUT2D eigenvalue weighted by Gasteiger charge is -2.60. The highest BCUT2D eigenvalue weighted by molar-refractivity contribution is 5.86. The zero-order valence-corrected chi connectivity index (χ0v) is 11.8. The minimum atomic E-state index is -1.22. The molecule has 0 bridgehead atoms. The van der Waals surface area contributed by atoms with Crippen LogP contribution in [-0.4, -0.2) is 32.5 Å². The third kappa shape index (κ3) is 2.01. The Morgan fingerprint density at radius 1 is 1.21 bits per heavy atom. The van der Waals surface area contributed by atoms with Crippen LogP contribution in [-0.2, 0) is 4.79 Å². The fraction of sp³-hybridized carbons (Fsp3) is 0.800. The second-order valence-corrected chi connectivity index (χ2v) is 6.82. The molecule has 2 aliphatic rings. The number of fused-ring (bicyclic) bond motifs is 1. The highest BCUT2D eigenvalue weighted by atomic mass is 16.4. The van der Waals surface area contributed by atoms with Crippen molar-refractivity contribution in [3.05, 3.63) is 12.2 Å². The molecule has 3 N–H and O–H groups in total. The first-order valence-corrected chi connectivity index (χ1v) is 7.00. The third-order valence-electron chi connectivity index (χ3n) is 5.64. The van der Waals surface area contributed by atoms with Crippen molar-refractivity contribution in [3.63, 3.8) is 0 Å². The van der Waals surface area contributed by atoms with Crippen molar-refractivity contribution in [3.8, 4) is 0 Å². The Morgan fingerprint density at radius 3 is 2.42 bits per heavy atom. The fourth-order valence-corrected chi connectivity index (χ4v) is 4.11. The summed E-state index contributed by atoms with van der Waals surface area (Å²) in [5.41, 5.74) is -2.56. The number of hydrogen-bond acceptors (Lipinski definition) is 3. The molecule has 0 aliphatic heterocycles. The number of aliphatic hydroxyl groups is 2. The summed E-state index contributed by atoms with van der Waals surface area (Å²) in [6.45, 7) is 7.32. The SMILES string of the molecule is C=C(C(=O)O)[C@@H]1CC[C@@]2(C)CCC[C@@](C)(O)[C@@]2(O)C1. The molecule has 0 heterocycles. The summed E-state index contributed by atoms with van der Waals surface area (Å²) in [5.74, 6) is -1.26. The molecule has 0 aromatic rings. The van der Waals surface area contributed by atoms with E-state index in [9.17, 15) is 15.0 Å². The van der Waals surface area contributed by atoms with Gasteiger partial charge < -0.3 is 15.3 Å². The molecule has 4 nitrogen and oxygen atoms in total. The van der Waals surface area contributed by atoms with Gasteiger partial charge in [0.1, 0.15) is 0 Å². The molecule has 0 saturated heterocycles. The van der Waals surface area contributed by atoms with Crippen molar-refractivity contribution >= 4 is 5.97 Å². The normalized spacial score (nSPS) is 46.4. The summed E-state index contributed by atoms with van der Waals surface area (Å²) < 4.78 is 0. The van der Waals surface area contributed by atoms with Gasteiger partial charge in [-0.05, 0) is 56.8 Å². The van der Waals surface area contributed by atoms with Gasteiger partial charge in [0.05, 0.1) is 11.2 Å². The topological polar surface area (TPSA) is 77.8 Å². The molecule has 4 heteroatoms. The van der Waals surface area contributed by atoms with E-state index in [0.29, 0.717) is 12.8 Å². The summed E-state index contributed by atoms with van der Waals surface area (Å²) in [4.78, 5) is 11.1. The van der Waals surface area contributed by atoms with Gasteiger partial charge in [0.2, 0.25) is 0 Å². The summed E-state index contributed by atoms with van der Waals surface area (Å²) >= 11 is 0. The van der Waals surface area contributed by atoms with E-state index < -0.39 is 17.2 Å². The van der Waals surface area contributed by atoms with Gasteiger partial charge >= 0.3 is 5.97 Å². The molecule has 0 amide bonds. The number of hydrogen-bond donors (Lipinski definition) is 3. The van der Waals surface area contributed by atoms with Crippen LogP contribution in [0.5, 0.6) is 0 Å². The van der Waals surface area contributed by atoms with Crippen molar-refractivity contribution in [1.82, 2.24) is 0 Å². The van der Waals surface area contributed by atoms with Crippen molar-refractivity contribution in [2.45, 2.75) is 63.6 Å². The number of aliphatic carboxylic acids is 1. The Labute approximate surface area is 114 Å². The lowest BCUT2D eigenvalue weighted by Crippen LogP contribution is -2.66. The molecule has 0 aromatic carbocycles. The van der Waals surface area contributed by atoms with E-state index in [1.165, 1.54) is 0 Å². The second kappa shape index (κ2) is 4.32. The molecule has 0 aromatic heterocycles. The molecule has 0 unspecified atom stereocenters. The fourth-order valence-electron chi connectivity index (χ4n) is 4.11. The Kier molecular flexibility index (Phi) is 3.30. The van der Waals surface area contributed by atoms with E-state index in [-0.39, 0.29) is 16.9 Å². The summed E-state index contributed by atoms with van der Waals surface area (Å²) in [6, 6.07) is 0. The Balaban J connectivity index is 2.32. The first-order valence-electron chi connectivity index (χ1n) is 7.00. The maximum Gasteiger partial charge on any atom is 0.331 e. The highest BCUT2D eigenvalue weighted by Crippen LogP contribution is 2.58. The monoisotopic (exact) mass is 268 g/mol. The van der Waals surface area contributed by atoms with Crippen LogP contribution in [0.1, 0.15) is 52.4 Å². The van der Waals surface area contributed by atoms with Gasteiger partial charge in [-0.1, -0.05) is 13.5 Å². The Hall–Kier alpha value is -0.870. The smallest absolute Gasteiger partial charge is 0.331 e. The first-order chi connectivity index (χ1) is 8.63. The predicted octanol–water partition coefficient (Wildman–Crippen LogP) is 2.10. The average molecular weight is 268 g/mol. The predicted molar refractivity (Wildman–Crippen MR) is 71.6 cm³/mol. The largest absolute Gasteiger partial charge is 0.478 e. The van der Waals surface area contributed by atoms with Gasteiger partial charge in [-0.25, -0.2) is 4.79 Å². The summed E-state index contributed by atoms with van der Waals surface area (Å²) in [5, 5.41) is 30.8. The standard InChI is InChI=1S/C15H24O4/c1-10(12(16)17)11-5-8-13(2)6-4-7-14(3,18)15(13,19)9-11/h11,18-19H,1,4-9H2,2-3H3,(H,16,17)/t11-,13-,14-,15-/m1/s1. The maximum absolute atomic E-state index is 11.1. The van der Waals surface area contributed by atoms with E-state index >= 15 is 0 Å². The van der Waals surface area contributed by atoms with Crippen LogP contribution in [0.15, 0.2) is 12.2 Å². The van der Waals surface area contributed by atoms with E-state index in [4.69, 9.17) is 5.11 Å². The van der Waals surface area contributed by atoms with Crippen molar-refractivity contribution < 1.29 is 20.1 Å². The molecule has 2 aliphatic carbocycles. The van der Waals surface area contributed by atoms with Gasteiger partial charge in [0, 0.05) is 5.57 Å². The van der Waals surface area contributed by atoms with Crippen LogP contribution in [0.25, 0.3) is 0 Å². The number of carboxylic acids is 1. The minimum Gasteiger partial charge on any atom is -0.478 e. The maximum atomic E-state index is 11.1. The van der Waals surface area contributed by atoms with E-state index in [0.717, 1.165) is 25.7 Å². The second-order valence-electron chi connectivity index (χ2n) is 6.82. The van der Waals surface area contributed by atoms with Gasteiger partial charge in [-0.3, -0.25) is 0 Å². The third-order valence-corrected chi connectivity index (χ3v) is 5.64. The minimum absolute atomic E-state index is 0.150. The zero-order chi connectivity index (χ0) is 14.5. The molecular weight excluding hydrogens is 244 g/mol. The van der Waals surface area contributed by atoms with Crippen LogP contribution >= 0.6 is 0 Å². The number of carboxylic acid groups (broad SMARTS) is 1. The van der Waals surface area contributed by atoms with Crippen molar-refractivity contribution in [2.75, 3.05) is 0 Å². The molecule has 2 saturated carbocycles. The molecule has 2 rings (SSSR count). The number of carbonyl (C=O) groups is 1. The van der Waals surface area contributed by atoms with E-state index in [1.807, 2.05) is 6.92 Å². The molecule has 0 radical (unpaired) electrons. The molecule has 19 heavy (non-hydrogen) atoms. The van der Waals surface area contributed by atoms with Crippen LogP contribution in [0.2, 0.25) is 0 Å². The average Bonchev–Trinajstić information content (AvgIpc) is 2.30. The molecule has 4 atom stereocenters. The lowest BCUT2D eigenvalue weighted by molar-refractivity contribution is -0.249. The van der Waals surface area contributed by atoms with Gasteiger partial charge in [0.25, 0.3) is 0 Å². The molecule has 108 valence electrons. The summed E-state index contributed by atoms with van der Waals surface area (Å²) in [6.07, 6.45) is 4.09. The van der Waals surface area contributed by atoms with E-state index in [1.54, 1.807) is 6.92 Å². The zero-order valence-electron chi connectivity index (χ0n) is 11.8. The van der Waals surface area contributed by atoms with Crippen molar-refractivity contribution in [2.24, 2.45) is 11.3 Å². The lowest BCUT2D eigenvalue weighted by atomic mass is 9.50. The van der Waals surface area contributed by atoms with Crippen LogP contribution in [0.3, 0.4) is 0 Å². The van der Waals surface area contributed by atoms with Crippen LogP contribution < -0.4 is 0 Å². The number of rotatable bonds is 2. The highest BCUT2D eigenvalue weighted by Gasteiger charge is 2.62. The Morgan fingerprint density at radius 2 is 1.84 bits per heavy atom. The van der Waals surface area contributed by atoms with Gasteiger partial charge in [0.15, 0.2) is 0 Å². The van der Waals surface area contributed by atoms with Crippen LogP contribution in [0, 0.1) is 11.3 Å². The van der Waals surface area contributed by atoms with Crippen molar-refractivity contribution in [1.29, 1.82) is 0 Å². The van der Waals surface area contributed by atoms with Gasteiger partial charge in [-0.15, -0.1) is 0 Å². The van der Waals surface area contributed by atoms with E-state index in [2.05, 4.69) is 6.58 Å². The molecular formula is C15H24O4. The Bertz CT molecular complexity index is 414. The van der Waals surface area contributed by atoms with Gasteiger partial charge in [-0.2, -0.15) is 0 Å². The quantitative estimate of drug-likeness (QED) is 0.670. The first kappa shape index (κ1) is 14.5.